The molecule has 3 N–H and O–H groups in total. The standard InChI is InChI=1S/C12H18N2O2S/c1-8(2)7-14-17(15,16)12-6-9(3)5-11(13)10(12)4/h5-6,14H,1,7,13H2,2-4H3. The number of nitrogens with one attached hydrogen (secondary N) is 1. The normalized spacial score (nSPS) is 11.5. The zero-order valence-corrected chi connectivity index (χ0v) is 11.2. The van der Waals surface area contributed by atoms with E-state index in [0.717, 1.165) is 11.1 Å². The molecule has 0 amide bonds. The van der Waals surface area contributed by atoms with Crippen molar-refractivity contribution in [2.75, 3.05) is 12.3 Å². The van der Waals surface area contributed by atoms with Gasteiger partial charge in [-0.2, -0.15) is 0 Å². The zero-order valence-electron chi connectivity index (χ0n) is 10.4. The van der Waals surface area contributed by atoms with Crippen molar-refractivity contribution in [3.63, 3.8) is 0 Å². The molecule has 0 aromatic heterocycles. The first kappa shape index (κ1) is 13.7. The first-order valence-electron chi connectivity index (χ1n) is 5.25. The van der Waals surface area contributed by atoms with Crippen LogP contribution in [0.1, 0.15) is 18.1 Å². The van der Waals surface area contributed by atoms with Crippen molar-refractivity contribution in [2.45, 2.75) is 25.7 Å². The summed E-state index contributed by atoms with van der Waals surface area (Å²) in [6.45, 7) is 9.16. The van der Waals surface area contributed by atoms with Gasteiger partial charge >= 0.3 is 0 Å². The van der Waals surface area contributed by atoms with E-state index in [1.807, 2.05) is 6.92 Å². The molecule has 17 heavy (non-hydrogen) atoms. The Labute approximate surface area is 103 Å². The molecule has 0 aliphatic rings. The van der Waals surface area contributed by atoms with Crippen molar-refractivity contribution in [3.8, 4) is 0 Å². The van der Waals surface area contributed by atoms with Gasteiger partial charge in [0.2, 0.25) is 10.0 Å². The molecule has 94 valence electrons. The van der Waals surface area contributed by atoms with E-state index in [9.17, 15) is 8.42 Å². The highest BCUT2D eigenvalue weighted by atomic mass is 32.2. The van der Waals surface area contributed by atoms with Gasteiger partial charge in [0, 0.05) is 12.2 Å². The Kier molecular flexibility index (Phi) is 3.95. The summed E-state index contributed by atoms with van der Waals surface area (Å²) >= 11 is 0. The maximum atomic E-state index is 12.1. The summed E-state index contributed by atoms with van der Waals surface area (Å²) < 4.78 is 26.6. The highest BCUT2D eigenvalue weighted by molar-refractivity contribution is 7.89. The summed E-state index contributed by atoms with van der Waals surface area (Å²) in [5, 5.41) is 0. The first-order valence-corrected chi connectivity index (χ1v) is 6.73. The third-order valence-electron chi connectivity index (χ3n) is 2.40. The van der Waals surface area contributed by atoms with Gasteiger partial charge < -0.3 is 5.73 Å². The summed E-state index contributed by atoms with van der Waals surface area (Å²) in [5.41, 5.74) is 8.40. The van der Waals surface area contributed by atoms with Crippen LogP contribution in [0.5, 0.6) is 0 Å². The predicted octanol–water partition coefficient (Wildman–Crippen LogP) is 1.74. The average Bonchev–Trinajstić information content (AvgIpc) is 2.20. The number of hydrogen-bond donors (Lipinski definition) is 2. The molecular weight excluding hydrogens is 236 g/mol. The van der Waals surface area contributed by atoms with E-state index < -0.39 is 10.0 Å². The van der Waals surface area contributed by atoms with E-state index in [-0.39, 0.29) is 11.4 Å². The highest BCUT2D eigenvalue weighted by Crippen LogP contribution is 2.22. The summed E-state index contributed by atoms with van der Waals surface area (Å²) in [5.74, 6) is 0. The van der Waals surface area contributed by atoms with Crippen molar-refractivity contribution in [1.82, 2.24) is 4.72 Å². The van der Waals surface area contributed by atoms with Crippen molar-refractivity contribution in [2.24, 2.45) is 0 Å². The number of nitrogen functional groups attached to an aromatic ring is 1. The van der Waals surface area contributed by atoms with Crippen molar-refractivity contribution in [3.05, 3.63) is 35.4 Å². The largest absolute Gasteiger partial charge is 0.398 e. The van der Waals surface area contributed by atoms with Gasteiger partial charge in [-0.25, -0.2) is 13.1 Å². The zero-order chi connectivity index (χ0) is 13.2. The molecule has 0 unspecified atom stereocenters. The monoisotopic (exact) mass is 254 g/mol. The maximum Gasteiger partial charge on any atom is 0.241 e. The van der Waals surface area contributed by atoms with Crippen LogP contribution in [0, 0.1) is 13.8 Å². The Hall–Kier alpha value is -1.33. The van der Waals surface area contributed by atoms with Gasteiger partial charge in [0.15, 0.2) is 0 Å². The molecule has 0 atom stereocenters. The Morgan fingerprint density at radius 1 is 1.41 bits per heavy atom. The lowest BCUT2D eigenvalue weighted by molar-refractivity contribution is 0.584. The van der Waals surface area contributed by atoms with Crippen LogP contribution in [0.2, 0.25) is 0 Å². The van der Waals surface area contributed by atoms with Crippen molar-refractivity contribution in [1.29, 1.82) is 0 Å². The van der Waals surface area contributed by atoms with Crippen LogP contribution >= 0.6 is 0 Å². The molecule has 0 heterocycles. The van der Waals surface area contributed by atoms with Crippen LogP contribution in [0.15, 0.2) is 29.2 Å². The highest BCUT2D eigenvalue weighted by Gasteiger charge is 2.18. The van der Waals surface area contributed by atoms with Gasteiger partial charge in [-0.1, -0.05) is 12.2 Å². The Morgan fingerprint density at radius 2 is 2.00 bits per heavy atom. The molecule has 5 heteroatoms. The fraction of sp³-hybridized carbons (Fsp3) is 0.333. The molecule has 1 rings (SSSR count). The third kappa shape index (κ3) is 3.31. The number of sulfonamides is 1. The van der Waals surface area contributed by atoms with Gasteiger partial charge in [-0.05, 0) is 44.0 Å². The number of nitrogens with two attached hydrogens (primary N) is 1. The van der Waals surface area contributed by atoms with E-state index in [0.29, 0.717) is 11.3 Å². The number of anilines is 1. The molecule has 0 radical (unpaired) electrons. The second-order valence-corrected chi connectivity index (χ2v) is 5.99. The van der Waals surface area contributed by atoms with Gasteiger partial charge in [0.05, 0.1) is 4.90 Å². The van der Waals surface area contributed by atoms with Crippen LogP contribution in [0.4, 0.5) is 5.69 Å². The van der Waals surface area contributed by atoms with Crippen LogP contribution in [0.3, 0.4) is 0 Å². The van der Waals surface area contributed by atoms with Crippen molar-refractivity contribution >= 4 is 15.7 Å². The predicted molar refractivity (Wildman–Crippen MR) is 70.3 cm³/mol. The van der Waals surface area contributed by atoms with E-state index in [1.165, 1.54) is 0 Å². The van der Waals surface area contributed by atoms with Crippen LogP contribution in [-0.4, -0.2) is 15.0 Å². The van der Waals surface area contributed by atoms with Crippen LogP contribution in [-0.2, 0) is 10.0 Å². The molecule has 0 aliphatic carbocycles. The minimum atomic E-state index is -3.52. The summed E-state index contributed by atoms with van der Waals surface area (Å²) in [7, 11) is -3.52. The average molecular weight is 254 g/mol. The lowest BCUT2D eigenvalue weighted by Crippen LogP contribution is -2.26. The van der Waals surface area contributed by atoms with Crippen molar-refractivity contribution < 1.29 is 8.42 Å². The van der Waals surface area contributed by atoms with Gasteiger partial charge in [-0.3, -0.25) is 0 Å². The van der Waals surface area contributed by atoms with Gasteiger partial charge in [0.25, 0.3) is 0 Å². The molecule has 0 aliphatic heterocycles. The number of aryl methyl sites for hydroxylation is 1. The summed E-state index contributed by atoms with van der Waals surface area (Å²) in [6.07, 6.45) is 0. The molecular formula is C12H18N2O2S. The molecule has 0 saturated heterocycles. The SMILES string of the molecule is C=C(C)CNS(=O)(=O)c1cc(C)cc(N)c1C. The smallest absolute Gasteiger partial charge is 0.241 e. The molecule has 0 fully saturated rings. The fourth-order valence-corrected chi connectivity index (χ4v) is 2.88. The van der Waals surface area contributed by atoms with E-state index in [1.54, 1.807) is 26.0 Å². The van der Waals surface area contributed by atoms with E-state index >= 15 is 0 Å². The molecule has 1 aromatic carbocycles. The molecule has 0 bridgehead atoms. The number of rotatable bonds is 4. The lowest BCUT2D eigenvalue weighted by atomic mass is 10.1. The minimum absolute atomic E-state index is 0.232. The molecule has 0 saturated carbocycles. The van der Waals surface area contributed by atoms with E-state index in [4.69, 9.17) is 5.73 Å². The summed E-state index contributed by atoms with van der Waals surface area (Å²) in [6, 6.07) is 3.37. The minimum Gasteiger partial charge on any atom is -0.398 e. The first-order chi connectivity index (χ1) is 7.74. The summed E-state index contributed by atoms with van der Waals surface area (Å²) in [4.78, 5) is 0.233. The topological polar surface area (TPSA) is 72.2 Å². The number of benzene rings is 1. The fourth-order valence-electron chi connectivity index (χ4n) is 1.43. The van der Waals surface area contributed by atoms with Gasteiger partial charge in [-0.15, -0.1) is 0 Å². The number of hydrogen-bond acceptors (Lipinski definition) is 3. The molecule has 4 nitrogen and oxygen atoms in total. The van der Waals surface area contributed by atoms with Crippen LogP contribution in [0.25, 0.3) is 0 Å². The Bertz CT molecular complexity index is 548. The molecule has 1 aromatic rings. The third-order valence-corrected chi connectivity index (χ3v) is 3.93. The van der Waals surface area contributed by atoms with Gasteiger partial charge in [0.1, 0.15) is 0 Å². The maximum absolute atomic E-state index is 12.1. The second kappa shape index (κ2) is 4.89. The molecule has 0 spiro atoms. The Balaban J connectivity index is 3.19. The van der Waals surface area contributed by atoms with Crippen LogP contribution < -0.4 is 10.5 Å². The second-order valence-electron chi connectivity index (χ2n) is 4.26. The Morgan fingerprint density at radius 3 is 2.53 bits per heavy atom. The lowest BCUT2D eigenvalue weighted by Gasteiger charge is -2.12. The van der Waals surface area contributed by atoms with E-state index in [2.05, 4.69) is 11.3 Å². The quantitative estimate of drug-likeness (QED) is 0.635.